The normalized spacial score (nSPS) is 21.0. The van der Waals surface area contributed by atoms with Gasteiger partial charge < -0.3 is 19.9 Å². The SMILES string of the molecule is CC(C)C1OCCCC1Nc1cc(NCCn2ccnc2)ncn1. The standard InChI is InChI=1S/C17H26N6O/c1-13(2)17-14(4-3-9-24-17)22-16-10-15(20-11-21-16)19-6-8-23-7-5-18-12-23/h5,7,10-14,17H,3-4,6,8-9H2,1-2H3,(H2,19,20,21,22). The summed E-state index contributed by atoms with van der Waals surface area (Å²) in [6.45, 7) is 6.89. The van der Waals surface area contributed by atoms with Crippen LogP contribution in [0.5, 0.6) is 0 Å². The van der Waals surface area contributed by atoms with E-state index in [0.717, 1.165) is 44.2 Å². The molecule has 0 aromatic carbocycles. The fourth-order valence-corrected chi connectivity index (χ4v) is 3.07. The Hall–Kier alpha value is -2.15. The number of nitrogens with zero attached hydrogens (tertiary/aromatic N) is 4. The summed E-state index contributed by atoms with van der Waals surface area (Å²) in [5, 5.41) is 6.85. The highest BCUT2D eigenvalue weighted by atomic mass is 16.5. The highest BCUT2D eigenvalue weighted by molar-refractivity contribution is 5.47. The average molecular weight is 330 g/mol. The van der Waals surface area contributed by atoms with Gasteiger partial charge >= 0.3 is 0 Å². The van der Waals surface area contributed by atoms with E-state index in [-0.39, 0.29) is 6.10 Å². The van der Waals surface area contributed by atoms with Crippen molar-refractivity contribution < 1.29 is 4.74 Å². The molecule has 1 fully saturated rings. The van der Waals surface area contributed by atoms with Gasteiger partial charge in [0.2, 0.25) is 0 Å². The largest absolute Gasteiger partial charge is 0.376 e. The third-order valence-electron chi connectivity index (χ3n) is 4.26. The van der Waals surface area contributed by atoms with Crippen molar-refractivity contribution in [1.82, 2.24) is 19.5 Å². The monoisotopic (exact) mass is 330 g/mol. The second-order valence-corrected chi connectivity index (χ2v) is 6.49. The number of nitrogens with one attached hydrogen (secondary N) is 2. The van der Waals surface area contributed by atoms with Gasteiger partial charge in [0.15, 0.2) is 0 Å². The van der Waals surface area contributed by atoms with Crippen molar-refractivity contribution in [3.05, 3.63) is 31.1 Å². The number of anilines is 2. The molecule has 2 unspecified atom stereocenters. The third-order valence-corrected chi connectivity index (χ3v) is 4.26. The lowest BCUT2D eigenvalue weighted by molar-refractivity contribution is -0.0203. The van der Waals surface area contributed by atoms with Gasteiger partial charge in [-0.2, -0.15) is 0 Å². The fourth-order valence-electron chi connectivity index (χ4n) is 3.07. The maximum Gasteiger partial charge on any atom is 0.131 e. The van der Waals surface area contributed by atoms with Crippen LogP contribution in [0.2, 0.25) is 0 Å². The number of hydrogen-bond acceptors (Lipinski definition) is 6. The maximum absolute atomic E-state index is 5.93. The molecule has 24 heavy (non-hydrogen) atoms. The average Bonchev–Trinajstić information content (AvgIpc) is 3.09. The smallest absolute Gasteiger partial charge is 0.131 e. The van der Waals surface area contributed by atoms with Crippen LogP contribution in [0.1, 0.15) is 26.7 Å². The van der Waals surface area contributed by atoms with E-state index in [4.69, 9.17) is 4.74 Å². The molecule has 3 rings (SSSR count). The molecule has 0 aliphatic carbocycles. The van der Waals surface area contributed by atoms with Crippen molar-refractivity contribution in [2.24, 2.45) is 5.92 Å². The van der Waals surface area contributed by atoms with Gasteiger partial charge in [0.25, 0.3) is 0 Å². The molecule has 3 heterocycles. The van der Waals surface area contributed by atoms with E-state index in [1.165, 1.54) is 0 Å². The highest BCUT2D eigenvalue weighted by Gasteiger charge is 2.28. The van der Waals surface area contributed by atoms with Gasteiger partial charge in [-0.25, -0.2) is 15.0 Å². The lowest BCUT2D eigenvalue weighted by Gasteiger charge is -2.35. The molecule has 0 amide bonds. The number of ether oxygens (including phenoxy) is 1. The first-order chi connectivity index (χ1) is 11.7. The molecule has 1 saturated heterocycles. The van der Waals surface area contributed by atoms with Crippen molar-refractivity contribution in [2.45, 2.75) is 45.4 Å². The zero-order valence-electron chi connectivity index (χ0n) is 14.4. The van der Waals surface area contributed by atoms with Crippen LogP contribution in [-0.2, 0) is 11.3 Å². The van der Waals surface area contributed by atoms with E-state index >= 15 is 0 Å². The zero-order chi connectivity index (χ0) is 16.8. The lowest BCUT2D eigenvalue weighted by atomic mass is 9.94. The first-order valence-corrected chi connectivity index (χ1v) is 8.62. The van der Waals surface area contributed by atoms with Gasteiger partial charge in [0.05, 0.1) is 18.5 Å². The van der Waals surface area contributed by atoms with Crippen LogP contribution >= 0.6 is 0 Å². The first kappa shape index (κ1) is 16.7. The topological polar surface area (TPSA) is 76.9 Å². The Morgan fingerprint density at radius 1 is 1.33 bits per heavy atom. The minimum Gasteiger partial charge on any atom is -0.376 e. The summed E-state index contributed by atoms with van der Waals surface area (Å²) in [6.07, 6.45) is 9.55. The van der Waals surface area contributed by atoms with Gasteiger partial charge in [-0.05, 0) is 18.8 Å². The Balaban J connectivity index is 1.56. The summed E-state index contributed by atoms with van der Waals surface area (Å²) >= 11 is 0. The zero-order valence-corrected chi connectivity index (χ0v) is 14.4. The van der Waals surface area contributed by atoms with Crippen LogP contribution < -0.4 is 10.6 Å². The van der Waals surface area contributed by atoms with Crippen LogP contribution in [0.3, 0.4) is 0 Å². The molecular weight excluding hydrogens is 304 g/mol. The minimum absolute atomic E-state index is 0.228. The molecule has 0 radical (unpaired) electrons. The third kappa shape index (κ3) is 4.44. The van der Waals surface area contributed by atoms with E-state index in [2.05, 4.69) is 39.4 Å². The van der Waals surface area contributed by atoms with Crippen molar-refractivity contribution in [2.75, 3.05) is 23.8 Å². The number of rotatable bonds is 7. The van der Waals surface area contributed by atoms with Crippen molar-refractivity contribution in [3.8, 4) is 0 Å². The van der Waals surface area contributed by atoms with E-state index in [1.807, 2.05) is 23.2 Å². The predicted molar refractivity (Wildman–Crippen MR) is 94.0 cm³/mol. The second-order valence-electron chi connectivity index (χ2n) is 6.49. The fraction of sp³-hybridized carbons (Fsp3) is 0.588. The van der Waals surface area contributed by atoms with Gasteiger partial charge in [-0.15, -0.1) is 0 Å². The number of aromatic nitrogens is 4. The van der Waals surface area contributed by atoms with Crippen LogP contribution in [0, 0.1) is 5.92 Å². The lowest BCUT2D eigenvalue weighted by Crippen LogP contribution is -2.43. The van der Waals surface area contributed by atoms with Crippen LogP contribution in [0.4, 0.5) is 11.6 Å². The Kier molecular flexibility index (Phi) is 5.63. The molecular formula is C17H26N6O. The molecule has 0 bridgehead atoms. The summed E-state index contributed by atoms with van der Waals surface area (Å²) in [5.74, 6) is 2.15. The predicted octanol–water partition coefficient (Wildman–Crippen LogP) is 2.40. The Labute approximate surface area is 142 Å². The molecule has 130 valence electrons. The van der Waals surface area contributed by atoms with Crippen molar-refractivity contribution in [1.29, 1.82) is 0 Å². The van der Waals surface area contributed by atoms with Crippen LogP contribution in [0.15, 0.2) is 31.1 Å². The van der Waals surface area contributed by atoms with Crippen molar-refractivity contribution in [3.63, 3.8) is 0 Å². The molecule has 0 spiro atoms. The van der Waals surface area contributed by atoms with E-state index in [0.29, 0.717) is 12.0 Å². The van der Waals surface area contributed by atoms with Gasteiger partial charge in [0, 0.05) is 38.2 Å². The molecule has 7 nitrogen and oxygen atoms in total. The summed E-state index contributed by atoms with van der Waals surface area (Å²) in [4.78, 5) is 12.7. The first-order valence-electron chi connectivity index (χ1n) is 8.62. The van der Waals surface area contributed by atoms with Gasteiger partial charge in [-0.3, -0.25) is 0 Å². The van der Waals surface area contributed by atoms with Crippen LogP contribution in [-0.4, -0.2) is 44.8 Å². The second kappa shape index (κ2) is 8.10. The van der Waals surface area contributed by atoms with E-state index in [9.17, 15) is 0 Å². The molecule has 2 aromatic heterocycles. The Morgan fingerprint density at radius 3 is 3.00 bits per heavy atom. The molecule has 2 aromatic rings. The molecule has 7 heteroatoms. The summed E-state index contributed by atoms with van der Waals surface area (Å²) in [5.41, 5.74) is 0. The van der Waals surface area contributed by atoms with E-state index < -0.39 is 0 Å². The van der Waals surface area contributed by atoms with Gasteiger partial charge in [-0.1, -0.05) is 13.8 Å². The van der Waals surface area contributed by atoms with Crippen molar-refractivity contribution >= 4 is 11.6 Å². The number of imidazole rings is 1. The quantitative estimate of drug-likeness (QED) is 0.812. The number of hydrogen-bond donors (Lipinski definition) is 2. The van der Waals surface area contributed by atoms with Crippen LogP contribution in [0.25, 0.3) is 0 Å². The summed E-state index contributed by atoms with van der Waals surface area (Å²) in [7, 11) is 0. The Bertz CT molecular complexity index is 615. The minimum atomic E-state index is 0.228. The Morgan fingerprint density at radius 2 is 2.21 bits per heavy atom. The molecule has 0 saturated carbocycles. The summed E-state index contributed by atoms with van der Waals surface area (Å²) in [6, 6.07) is 2.26. The molecule has 1 aliphatic heterocycles. The molecule has 1 aliphatic rings. The highest BCUT2D eigenvalue weighted by Crippen LogP contribution is 2.23. The maximum atomic E-state index is 5.93. The van der Waals surface area contributed by atoms with Gasteiger partial charge in [0.1, 0.15) is 18.0 Å². The molecule has 2 N–H and O–H groups in total. The van der Waals surface area contributed by atoms with E-state index in [1.54, 1.807) is 12.5 Å². The molecule has 2 atom stereocenters. The summed E-state index contributed by atoms with van der Waals surface area (Å²) < 4.78 is 7.96.